The molecule has 2 rings (SSSR count). The summed E-state index contributed by atoms with van der Waals surface area (Å²) in [6.07, 6.45) is 7.33. The maximum absolute atomic E-state index is 13.7. The van der Waals surface area contributed by atoms with Crippen LogP contribution >= 0.6 is 0 Å². The molecule has 0 unspecified atom stereocenters. The zero-order valence-corrected chi connectivity index (χ0v) is 16.8. The van der Waals surface area contributed by atoms with Crippen molar-refractivity contribution in [1.29, 1.82) is 0 Å². The standard InChI is InChI=1S/C22H31FN2O2/c1-5-6-20(18-11-12-19(23)16(3)13-18)25-22(24-14-21(26)27-4)17-9-7-15(2)8-10-17/h6,11-13,15,17H,5,7-10,14H2,1-4H3,(H,24,25). The van der Waals surface area contributed by atoms with Gasteiger partial charge in [-0.05, 0) is 61.4 Å². The first kappa shape index (κ1) is 21.1. The number of esters is 1. The molecule has 1 aliphatic carbocycles. The average Bonchev–Trinajstić information content (AvgIpc) is 2.67. The van der Waals surface area contributed by atoms with Crippen molar-refractivity contribution in [3.05, 3.63) is 41.2 Å². The van der Waals surface area contributed by atoms with E-state index in [1.807, 2.05) is 6.07 Å². The number of nitrogens with one attached hydrogen (secondary N) is 1. The molecule has 0 bridgehead atoms. The Balaban J connectivity index is 2.27. The predicted molar refractivity (Wildman–Crippen MR) is 108 cm³/mol. The number of benzene rings is 1. The van der Waals surface area contributed by atoms with Crippen LogP contribution < -0.4 is 5.32 Å². The van der Waals surface area contributed by atoms with Crippen LogP contribution in [0.15, 0.2) is 29.3 Å². The summed E-state index contributed by atoms with van der Waals surface area (Å²) in [4.78, 5) is 16.1. The van der Waals surface area contributed by atoms with Crippen LogP contribution in [0.1, 0.15) is 57.1 Å². The molecule has 1 aliphatic rings. The first-order chi connectivity index (χ1) is 12.9. The van der Waals surface area contributed by atoms with Crippen LogP contribution in [0, 0.1) is 24.6 Å². The fourth-order valence-electron chi connectivity index (χ4n) is 3.41. The topological polar surface area (TPSA) is 50.7 Å². The van der Waals surface area contributed by atoms with E-state index in [2.05, 4.69) is 30.2 Å². The molecule has 5 heteroatoms. The van der Waals surface area contributed by atoms with Gasteiger partial charge in [-0.2, -0.15) is 0 Å². The zero-order valence-electron chi connectivity index (χ0n) is 16.8. The second kappa shape index (κ2) is 10.2. The number of amidine groups is 1. The summed E-state index contributed by atoms with van der Waals surface area (Å²) in [5, 5.41) is 3.46. The highest BCUT2D eigenvalue weighted by atomic mass is 19.1. The summed E-state index contributed by atoms with van der Waals surface area (Å²) < 4.78 is 18.4. The molecular formula is C22H31FN2O2. The van der Waals surface area contributed by atoms with E-state index >= 15 is 0 Å². The Kier molecular flexibility index (Phi) is 8.01. The summed E-state index contributed by atoms with van der Waals surface area (Å²) >= 11 is 0. The maximum Gasteiger partial charge on any atom is 0.327 e. The van der Waals surface area contributed by atoms with E-state index < -0.39 is 0 Å². The van der Waals surface area contributed by atoms with E-state index in [9.17, 15) is 9.18 Å². The predicted octanol–water partition coefficient (Wildman–Crippen LogP) is 4.87. The Labute approximate surface area is 161 Å². The molecule has 0 radical (unpaired) electrons. The van der Waals surface area contributed by atoms with Crippen LogP contribution in [0.5, 0.6) is 0 Å². The number of ether oxygens (including phenoxy) is 1. The fraction of sp³-hybridized carbons (Fsp3) is 0.545. The van der Waals surface area contributed by atoms with Gasteiger partial charge in [0.05, 0.1) is 7.11 Å². The van der Waals surface area contributed by atoms with Crippen molar-refractivity contribution in [3.63, 3.8) is 0 Å². The zero-order chi connectivity index (χ0) is 19.8. The van der Waals surface area contributed by atoms with Crippen molar-refractivity contribution in [3.8, 4) is 0 Å². The first-order valence-corrected chi connectivity index (χ1v) is 9.79. The smallest absolute Gasteiger partial charge is 0.327 e. The van der Waals surface area contributed by atoms with Gasteiger partial charge in [0.25, 0.3) is 0 Å². The number of halogens is 1. The van der Waals surface area contributed by atoms with Gasteiger partial charge in [-0.1, -0.05) is 32.8 Å². The monoisotopic (exact) mass is 374 g/mol. The lowest BCUT2D eigenvalue weighted by atomic mass is 9.82. The van der Waals surface area contributed by atoms with Gasteiger partial charge >= 0.3 is 5.97 Å². The molecule has 1 fully saturated rings. The summed E-state index contributed by atoms with van der Waals surface area (Å²) in [7, 11) is 1.37. The number of aliphatic imine (C=N–C) groups is 1. The number of aryl methyl sites for hydroxylation is 1. The molecule has 0 saturated heterocycles. The highest BCUT2D eigenvalue weighted by Crippen LogP contribution is 2.29. The lowest BCUT2D eigenvalue weighted by molar-refractivity contribution is -0.138. The Hall–Kier alpha value is -2.17. The number of rotatable bonds is 6. The molecule has 27 heavy (non-hydrogen) atoms. The molecule has 0 heterocycles. The molecule has 0 spiro atoms. The van der Waals surface area contributed by atoms with Crippen LogP contribution in [0.4, 0.5) is 4.39 Å². The van der Waals surface area contributed by atoms with E-state index in [1.54, 1.807) is 13.0 Å². The molecule has 0 amide bonds. The molecule has 0 aliphatic heterocycles. The molecule has 4 nitrogen and oxygen atoms in total. The van der Waals surface area contributed by atoms with Gasteiger partial charge in [0, 0.05) is 11.6 Å². The molecular weight excluding hydrogens is 343 g/mol. The quantitative estimate of drug-likeness (QED) is 0.439. The van der Waals surface area contributed by atoms with Gasteiger partial charge in [-0.3, -0.25) is 9.79 Å². The van der Waals surface area contributed by atoms with Crippen LogP contribution in [-0.4, -0.2) is 25.5 Å². The van der Waals surface area contributed by atoms with Crippen LogP contribution in [0.3, 0.4) is 0 Å². The second-order valence-electron chi connectivity index (χ2n) is 7.35. The highest BCUT2D eigenvalue weighted by molar-refractivity contribution is 5.93. The number of allylic oxidation sites excluding steroid dienone is 1. The van der Waals surface area contributed by atoms with E-state index in [0.717, 1.165) is 55.1 Å². The van der Waals surface area contributed by atoms with E-state index in [1.165, 1.54) is 13.2 Å². The van der Waals surface area contributed by atoms with Gasteiger partial charge in [-0.25, -0.2) is 4.39 Å². The van der Waals surface area contributed by atoms with Crippen molar-refractivity contribution in [2.24, 2.45) is 16.8 Å². The van der Waals surface area contributed by atoms with E-state index in [4.69, 9.17) is 4.74 Å². The van der Waals surface area contributed by atoms with Gasteiger partial charge in [-0.15, -0.1) is 0 Å². The number of hydrogen-bond acceptors (Lipinski definition) is 3. The molecule has 0 aromatic heterocycles. The number of carbonyl (C=O) groups is 1. The Morgan fingerprint density at radius 2 is 2.04 bits per heavy atom. The van der Waals surface area contributed by atoms with E-state index in [-0.39, 0.29) is 18.3 Å². The summed E-state index contributed by atoms with van der Waals surface area (Å²) in [5.41, 5.74) is 2.43. The third-order valence-electron chi connectivity index (χ3n) is 5.15. The average molecular weight is 375 g/mol. The summed E-state index contributed by atoms with van der Waals surface area (Å²) in [6, 6.07) is 5.10. The van der Waals surface area contributed by atoms with Crippen molar-refractivity contribution in [2.75, 3.05) is 13.7 Å². The lowest BCUT2D eigenvalue weighted by Gasteiger charge is -2.28. The molecule has 1 N–H and O–H groups in total. The number of hydrogen-bond donors (Lipinski definition) is 1. The maximum atomic E-state index is 13.7. The third kappa shape index (κ3) is 6.19. The van der Waals surface area contributed by atoms with Crippen LogP contribution in [-0.2, 0) is 9.53 Å². The van der Waals surface area contributed by atoms with Gasteiger partial charge in [0.2, 0.25) is 0 Å². The first-order valence-electron chi connectivity index (χ1n) is 9.79. The normalized spacial score (nSPS) is 21.1. The van der Waals surface area contributed by atoms with Crippen molar-refractivity contribution in [1.82, 2.24) is 5.32 Å². The van der Waals surface area contributed by atoms with Crippen molar-refractivity contribution in [2.45, 2.75) is 52.9 Å². The minimum atomic E-state index is -0.350. The Morgan fingerprint density at radius 1 is 1.33 bits per heavy atom. The lowest BCUT2D eigenvalue weighted by Crippen LogP contribution is -2.33. The van der Waals surface area contributed by atoms with E-state index in [0.29, 0.717) is 11.5 Å². The molecule has 1 aromatic rings. The molecule has 1 aromatic carbocycles. The summed E-state index contributed by atoms with van der Waals surface area (Å²) in [5.74, 6) is 1.29. The number of methoxy groups -OCH3 is 1. The molecule has 1 saturated carbocycles. The fourth-order valence-corrected chi connectivity index (χ4v) is 3.41. The highest BCUT2D eigenvalue weighted by Gasteiger charge is 2.24. The number of nitrogens with zero attached hydrogens (tertiary/aromatic N) is 1. The Bertz CT molecular complexity index is 704. The number of carbonyl (C=O) groups excluding carboxylic acids is 1. The van der Waals surface area contributed by atoms with Crippen molar-refractivity contribution >= 4 is 17.5 Å². The minimum Gasteiger partial charge on any atom is -0.468 e. The second-order valence-corrected chi connectivity index (χ2v) is 7.35. The van der Waals surface area contributed by atoms with Gasteiger partial charge in [0.15, 0.2) is 0 Å². The van der Waals surface area contributed by atoms with Gasteiger partial charge < -0.3 is 10.1 Å². The largest absolute Gasteiger partial charge is 0.468 e. The van der Waals surface area contributed by atoms with Gasteiger partial charge in [0.1, 0.15) is 18.2 Å². The third-order valence-corrected chi connectivity index (χ3v) is 5.15. The van der Waals surface area contributed by atoms with Crippen LogP contribution in [0.25, 0.3) is 5.70 Å². The minimum absolute atomic E-state index is 0.00668. The van der Waals surface area contributed by atoms with Crippen LogP contribution in [0.2, 0.25) is 0 Å². The molecule has 148 valence electrons. The SMILES string of the molecule is CCC=C(NC(=NCC(=O)OC)C1CCC(C)CC1)c1ccc(F)c(C)c1. The summed E-state index contributed by atoms with van der Waals surface area (Å²) in [6.45, 7) is 6.11. The molecule has 0 atom stereocenters. The van der Waals surface area contributed by atoms with Crippen molar-refractivity contribution < 1.29 is 13.9 Å². The Morgan fingerprint density at radius 3 is 2.63 bits per heavy atom.